The number of hydrogen-bond acceptors (Lipinski definition) is 3. The Morgan fingerprint density at radius 3 is 2.69 bits per heavy atom. The van der Waals surface area contributed by atoms with Crippen LogP contribution in [0.3, 0.4) is 0 Å². The summed E-state index contributed by atoms with van der Waals surface area (Å²) < 4.78 is 5.60. The van der Waals surface area contributed by atoms with Crippen molar-refractivity contribution in [2.24, 2.45) is 5.41 Å². The minimum atomic E-state index is -0.757. The number of allylic oxidation sites excluding steroid dienone is 1. The maximum absolute atomic E-state index is 11.7. The van der Waals surface area contributed by atoms with Gasteiger partial charge < -0.3 is 9.84 Å². The highest BCUT2D eigenvalue weighted by atomic mass is 16.5. The molecule has 0 saturated carbocycles. The molecule has 1 aliphatic heterocycles. The van der Waals surface area contributed by atoms with E-state index in [1.165, 1.54) is 6.08 Å². The fraction of sp³-hybridized carbons (Fsp3) is 0.615. The number of Topliss-reactive ketones (excluding diaryl/α,β-unsaturated/α-hetero) is 1. The van der Waals surface area contributed by atoms with E-state index in [2.05, 4.69) is 6.58 Å². The van der Waals surface area contributed by atoms with E-state index >= 15 is 0 Å². The first kappa shape index (κ1) is 13.0. The first-order chi connectivity index (χ1) is 7.36. The molecular formula is C13H20O3. The average Bonchev–Trinajstić information content (AvgIpc) is 2.49. The van der Waals surface area contributed by atoms with Gasteiger partial charge >= 0.3 is 0 Å². The highest BCUT2D eigenvalue weighted by Crippen LogP contribution is 2.43. The lowest BCUT2D eigenvalue weighted by Crippen LogP contribution is -2.37. The van der Waals surface area contributed by atoms with E-state index in [-0.39, 0.29) is 11.2 Å². The van der Waals surface area contributed by atoms with Crippen molar-refractivity contribution in [3.05, 3.63) is 24.0 Å². The molecule has 0 radical (unpaired) electrons. The Hall–Kier alpha value is -1.09. The number of hydrogen-bond donors (Lipinski definition) is 1. The molecule has 0 saturated heterocycles. The summed E-state index contributed by atoms with van der Waals surface area (Å²) in [6, 6.07) is 0. The van der Waals surface area contributed by atoms with Gasteiger partial charge in [-0.3, -0.25) is 4.79 Å². The predicted molar refractivity (Wildman–Crippen MR) is 62.9 cm³/mol. The Morgan fingerprint density at radius 1 is 1.69 bits per heavy atom. The summed E-state index contributed by atoms with van der Waals surface area (Å²) in [5.41, 5.74) is 0.568. The summed E-state index contributed by atoms with van der Waals surface area (Å²) in [5.74, 6) is 0.405. The number of rotatable bonds is 4. The van der Waals surface area contributed by atoms with E-state index in [9.17, 15) is 9.90 Å². The number of ether oxygens (including phenoxy) is 1. The summed E-state index contributed by atoms with van der Waals surface area (Å²) in [7, 11) is 0. The number of carbonyl (C=O) groups excluding carboxylic acids is 1. The second-order valence-corrected chi connectivity index (χ2v) is 4.72. The maximum atomic E-state index is 11.7. The molecule has 2 unspecified atom stereocenters. The molecule has 0 aromatic heterocycles. The molecule has 0 bridgehead atoms. The zero-order valence-electron chi connectivity index (χ0n) is 10.4. The largest absolute Gasteiger partial charge is 0.483 e. The van der Waals surface area contributed by atoms with Gasteiger partial charge in [0.1, 0.15) is 12.2 Å². The minimum absolute atomic E-state index is 0.00987. The van der Waals surface area contributed by atoms with Crippen molar-refractivity contribution in [1.29, 1.82) is 0 Å². The van der Waals surface area contributed by atoms with Gasteiger partial charge in [0.2, 0.25) is 0 Å². The molecule has 1 aliphatic rings. The third-order valence-corrected chi connectivity index (χ3v) is 3.39. The lowest BCUT2D eigenvalue weighted by atomic mass is 9.78. The lowest BCUT2D eigenvalue weighted by Gasteiger charge is -2.29. The van der Waals surface area contributed by atoms with Crippen molar-refractivity contribution in [3.8, 4) is 0 Å². The molecule has 1 N–H and O–H groups in total. The third kappa shape index (κ3) is 1.92. The van der Waals surface area contributed by atoms with Gasteiger partial charge in [-0.05, 0) is 12.5 Å². The molecular weight excluding hydrogens is 204 g/mol. The fourth-order valence-corrected chi connectivity index (χ4v) is 1.92. The van der Waals surface area contributed by atoms with Gasteiger partial charge in [0.25, 0.3) is 0 Å². The third-order valence-electron chi connectivity index (χ3n) is 3.39. The van der Waals surface area contributed by atoms with Gasteiger partial charge in [0.15, 0.2) is 11.5 Å². The lowest BCUT2D eigenvalue weighted by molar-refractivity contribution is -0.120. The zero-order chi connectivity index (χ0) is 12.5. The van der Waals surface area contributed by atoms with Crippen LogP contribution in [0, 0.1) is 5.41 Å². The smallest absolute Gasteiger partial charge is 0.197 e. The van der Waals surface area contributed by atoms with Gasteiger partial charge in [0, 0.05) is 11.8 Å². The Bertz CT molecular complexity index is 339. The highest BCUT2D eigenvalue weighted by molar-refractivity contribution is 5.94. The van der Waals surface area contributed by atoms with Gasteiger partial charge in [-0.15, -0.1) is 6.58 Å². The molecule has 1 rings (SSSR count). The Kier molecular flexibility index (Phi) is 3.58. The van der Waals surface area contributed by atoms with Crippen LogP contribution in [0.4, 0.5) is 0 Å². The van der Waals surface area contributed by atoms with Crippen LogP contribution in [0.1, 0.15) is 34.1 Å². The van der Waals surface area contributed by atoms with Crippen LogP contribution in [0.25, 0.3) is 0 Å². The summed E-state index contributed by atoms with van der Waals surface area (Å²) >= 11 is 0. The van der Waals surface area contributed by atoms with Crippen molar-refractivity contribution >= 4 is 5.78 Å². The van der Waals surface area contributed by atoms with Gasteiger partial charge in [-0.2, -0.15) is 0 Å². The molecule has 0 spiro atoms. The Balaban J connectivity index is 3.05. The van der Waals surface area contributed by atoms with E-state index in [1.807, 2.05) is 20.8 Å². The number of ketones is 1. The predicted octanol–water partition coefficient (Wildman–Crippen LogP) is 2.21. The molecule has 0 amide bonds. The molecule has 2 atom stereocenters. The number of aliphatic hydroxyl groups excluding tert-OH is 1. The van der Waals surface area contributed by atoms with Crippen LogP contribution in [-0.4, -0.2) is 23.1 Å². The molecule has 90 valence electrons. The molecule has 0 fully saturated rings. The first-order valence-electron chi connectivity index (χ1n) is 5.58. The van der Waals surface area contributed by atoms with Crippen LogP contribution in [0.2, 0.25) is 0 Å². The Morgan fingerprint density at radius 2 is 2.25 bits per heavy atom. The van der Waals surface area contributed by atoms with E-state index < -0.39 is 12.2 Å². The van der Waals surface area contributed by atoms with Gasteiger partial charge in [0.05, 0.1) is 0 Å². The maximum Gasteiger partial charge on any atom is 0.197 e. The topological polar surface area (TPSA) is 46.5 Å². The monoisotopic (exact) mass is 224 g/mol. The molecule has 0 aromatic rings. The van der Waals surface area contributed by atoms with E-state index in [1.54, 1.807) is 6.92 Å². The summed E-state index contributed by atoms with van der Waals surface area (Å²) in [6.45, 7) is 11.2. The average molecular weight is 224 g/mol. The zero-order valence-corrected chi connectivity index (χ0v) is 10.4. The highest BCUT2D eigenvalue weighted by Gasteiger charge is 2.45. The second-order valence-electron chi connectivity index (χ2n) is 4.72. The van der Waals surface area contributed by atoms with Crippen molar-refractivity contribution in [1.82, 2.24) is 0 Å². The summed E-state index contributed by atoms with van der Waals surface area (Å²) in [5, 5.41) is 9.80. The van der Waals surface area contributed by atoms with Crippen LogP contribution in [0.15, 0.2) is 24.0 Å². The van der Waals surface area contributed by atoms with Crippen molar-refractivity contribution in [3.63, 3.8) is 0 Å². The second kappa shape index (κ2) is 4.42. The quantitative estimate of drug-likeness (QED) is 0.745. The van der Waals surface area contributed by atoms with Crippen LogP contribution < -0.4 is 0 Å². The van der Waals surface area contributed by atoms with E-state index in [4.69, 9.17) is 4.74 Å². The molecule has 3 heteroatoms. The first-order valence-corrected chi connectivity index (χ1v) is 5.58. The van der Waals surface area contributed by atoms with E-state index in [0.717, 1.165) is 5.57 Å². The van der Waals surface area contributed by atoms with Gasteiger partial charge in [-0.25, -0.2) is 0 Å². The number of carbonyl (C=O) groups is 1. The van der Waals surface area contributed by atoms with Crippen LogP contribution >= 0.6 is 0 Å². The molecule has 3 nitrogen and oxygen atoms in total. The fourth-order valence-electron chi connectivity index (χ4n) is 1.92. The van der Waals surface area contributed by atoms with Crippen molar-refractivity contribution in [2.75, 3.05) is 0 Å². The van der Waals surface area contributed by atoms with E-state index in [0.29, 0.717) is 12.2 Å². The summed E-state index contributed by atoms with van der Waals surface area (Å²) in [6.07, 6.45) is 0.682. The summed E-state index contributed by atoms with van der Waals surface area (Å²) in [4.78, 5) is 11.7. The standard InChI is InChI=1S/C13H20O3/c1-6-9(14)11-8(3)13(4,5)12(16-11)10(15)7-2/h7,10,12,15H,2,6H2,1,3-5H3. The normalized spacial score (nSPS) is 25.2. The Labute approximate surface area is 96.8 Å². The molecule has 0 aliphatic carbocycles. The minimum Gasteiger partial charge on any atom is -0.483 e. The molecule has 16 heavy (non-hydrogen) atoms. The van der Waals surface area contributed by atoms with Crippen molar-refractivity contribution in [2.45, 2.75) is 46.3 Å². The molecule has 0 aromatic carbocycles. The van der Waals surface area contributed by atoms with Gasteiger partial charge in [-0.1, -0.05) is 26.8 Å². The van der Waals surface area contributed by atoms with Crippen LogP contribution in [0.5, 0.6) is 0 Å². The van der Waals surface area contributed by atoms with Crippen molar-refractivity contribution < 1.29 is 14.6 Å². The molecule has 1 heterocycles. The SMILES string of the molecule is C=CC(O)C1OC(C(=O)CC)=C(C)C1(C)C. The van der Waals surface area contributed by atoms with Crippen LogP contribution in [-0.2, 0) is 9.53 Å². The number of aliphatic hydroxyl groups is 1.